The lowest BCUT2D eigenvalue weighted by Gasteiger charge is -2.41. The summed E-state index contributed by atoms with van der Waals surface area (Å²) in [6, 6.07) is 4.71. The van der Waals surface area contributed by atoms with Gasteiger partial charge in [0, 0.05) is 31.4 Å². The number of terminal acetylenes is 1. The predicted octanol–water partition coefficient (Wildman–Crippen LogP) is 3.13. The number of rotatable bonds is 4. The molecule has 2 amide bonds. The second-order valence-corrected chi connectivity index (χ2v) is 9.09. The van der Waals surface area contributed by atoms with Crippen LogP contribution in [-0.2, 0) is 9.53 Å². The van der Waals surface area contributed by atoms with Crippen LogP contribution in [0.2, 0.25) is 0 Å². The van der Waals surface area contributed by atoms with E-state index in [0.717, 1.165) is 51.5 Å². The molecule has 1 unspecified atom stereocenters. The van der Waals surface area contributed by atoms with Gasteiger partial charge in [-0.2, -0.15) is 0 Å². The molecule has 2 heterocycles. The normalized spacial score (nSPS) is 28.0. The Kier molecular flexibility index (Phi) is 6.56. The summed E-state index contributed by atoms with van der Waals surface area (Å²) in [5.74, 6) is 1.92. The maximum absolute atomic E-state index is 14.9. The van der Waals surface area contributed by atoms with Crippen molar-refractivity contribution in [3.63, 3.8) is 0 Å². The number of nitrogens with zero attached hydrogens (tertiary/aromatic N) is 2. The predicted molar refractivity (Wildman–Crippen MR) is 119 cm³/mol. The number of anilines is 2. The molecule has 3 aliphatic rings. The van der Waals surface area contributed by atoms with E-state index in [4.69, 9.17) is 11.2 Å². The highest BCUT2D eigenvalue weighted by Gasteiger charge is 2.50. The Morgan fingerprint density at radius 2 is 2.06 bits per heavy atom. The maximum Gasteiger partial charge on any atom is 0.412 e. The number of carbonyl (C=O) groups excluding carboxylic acids is 2. The SMILES string of the molecule is C#CCOC(=O)Nc1ccc(N2CCCC3(CCN([C@H]4CC[C@H](O)CC4)C3=O)C2)c(F)c1. The van der Waals surface area contributed by atoms with Crippen LogP contribution in [0.5, 0.6) is 0 Å². The topological polar surface area (TPSA) is 82.1 Å². The summed E-state index contributed by atoms with van der Waals surface area (Å²) >= 11 is 0. The van der Waals surface area contributed by atoms with E-state index in [2.05, 4.69) is 11.2 Å². The van der Waals surface area contributed by atoms with Crippen LogP contribution in [0, 0.1) is 23.6 Å². The van der Waals surface area contributed by atoms with Gasteiger partial charge in [-0.3, -0.25) is 10.1 Å². The highest BCUT2D eigenvalue weighted by molar-refractivity contribution is 5.87. The first-order valence-electron chi connectivity index (χ1n) is 11.3. The molecule has 1 saturated carbocycles. The Hall–Kier alpha value is -2.79. The van der Waals surface area contributed by atoms with Crippen molar-refractivity contribution in [1.29, 1.82) is 0 Å². The van der Waals surface area contributed by atoms with Gasteiger partial charge in [0.25, 0.3) is 0 Å². The first kappa shape index (κ1) is 22.4. The van der Waals surface area contributed by atoms with E-state index in [0.29, 0.717) is 18.8 Å². The fraction of sp³-hybridized carbons (Fsp3) is 0.583. The number of hydrogen-bond acceptors (Lipinski definition) is 5. The third-order valence-electron chi connectivity index (χ3n) is 7.05. The van der Waals surface area contributed by atoms with Gasteiger partial charge in [0.15, 0.2) is 6.61 Å². The molecule has 1 aliphatic carbocycles. The van der Waals surface area contributed by atoms with E-state index < -0.39 is 17.3 Å². The molecule has 1 atom stereocenters. The van der Waals surface area contributed by atoms with Gasteiger partial charge in [0.2, 0.25) is 5.91 Å². The first-order valence-corrected chi connectivity index (χ1v) is 11.3. The molecule has 172 valence electrons. The van der Waals surface area contributed by atoms with Crippen molar-refractivity contribution >= 4 is 23.4 Å². The van der Waals surface area contributed by atoms with E-state index in [9.17, 15) is 19.1 Å². The zero-order valence-electron chi connectivity index (χ0n) is 18.2. The van der Waals surface area contributed by atoms with Gasteiger partial charge in [0.1, 0.15) is 5.82 Å². The summed E-state index contributed by atoms with van der Waals surface area (Å²) < 4.78 is 19.7. The van der Waals surface area contributed by atoms with E-state index in [1.54, 1.807) is 12.1 Å². The number of nitrogens with one attached hydrogen (secondary N) is 1. The van der Waals surface area contributed by atoms with E-state index in [-0.39, 0.29) is 30.3 Å². The second-order valence-electron chi connectivity index (χ2n) is 9.09. The van der Waals surface area contributed by atoms with Crippen LogP contribution in [0.1, 0.15) is 44.9 Å². The maximum atomic E-state index is 14.9. The molecule has 1 spiro atoms. The van der Waals surface area contributed by atoms with Crippen molar-refractivity contribution in [3.05, 3.63) is 24.0 Å². The number of piperidine rings is 1. The monoisotopic (exact) mass is 443 g/mol. The Balaban J connectivity index is 1.43. The van der Waals surface area contributed by atoms with Crippen molar-refractivity contribution in [1.82, 2.24) is 4.90 Å². The average Bonchev–Trinajstić information content (AvgIpc) is 3.08. The summed E-state index contributed by atoms with van der Waals surface area (Å²) in [4.78, 5) is 29.1. The fourth-order valence-corrected chi connectivity index (χ4v) is 5.38. The molecule has 3 fully saturated rings. The van der Waals surface area contributed by atoms with Crippen LogP contribution in [0.25, 0.3) is 0 Å². The quantitative estimate of drug-likeness (QED) is 0.699. The molecule has 2 aliphatic heterocycles. The molecule has 0 aromatic heterocycles. The van der Waals surface area contributed by atoms with Crippen LogP contribution in [0.15, 0.2) is 18.2 Å². The Morgan fingerprint density at radius 1 is 1.28 bits per heavy atom. The number of aliphatic hydroxyl groups excluding tert-OH is 1. The standard InChI is InChI=1S/C24H30FN3O4/c1-2-14-32-23(31)26-17-4-9-21(20(25)15-17)27-12-3-10-24(16-27)11-13-28(22(24)30)18-5-7-19(29)8-6-18/h1,4,9,15,18-19,29H,3,5-8,10-14,16H2,(H,26,31)/t18-,19-,24?. The molecular weight excluding hydrogens is 413 g/mol. The number of amides is 2. The molecule has 4 rings (SSSR count). The van der Waals surface area contributed by atoms with Crippen molar-refractivity contribution in [2.45, 2.75) is 57.1 Å². The van der Waals surface area contributed by atoms with Crippen LogP contribution >= 0.6 is 0 Å². The molecular formula is C24H30FN3O4. The van der Waals surface area contributed by atoms with Gasteiger partial charge in [-0.1, -0.05) is 5.92 Å². The van der Waals surface area contributed by atoms with Gasteiger partial charge >= 0.3 is 6.09 Å². The van der Waals surface area contributed by atoms with E-state index in [1.165, 1.54) is 6.07 Å². The van der Waals surface area contributed by atoms with E-state index >= 15 is 0 Å². The van der Waals surface area contributed by atoms with Gasteiger partial charge in [-0.25, -0.2) is 9.18 Å². The Morgan fingerprint density at radius 3 is 2.78 bits per heavy atom. The summed E-state index contributed by atoms with van der Waals surface area (Å²) in [5.41, 5.74) is 0.234. The second kappa shape index (κ2) is 9.37. The minimum atomic E-state index is -0.737. The molecule has 7 nitrogen and oxygen atoms in total. The number of aliphatic hydroxyl groups is 1. The molecule has 0 radical (unpaired) electrons. The van der Waals surface area contributed by atoms with Crippen molar-refractivity contribution in [2.75, 3.05) is 36.5 Å². The number of halogens is 1. The van der Waals surface area contributed by atoms with Gasteiger partial charge < -0.3 is 19.6 Å². The first-order chi connectivity index (χ1) is 15.4. The number of benzene rings is 1. The van der Waals surface area contributed by atoms with Crippen molar-refractivity contribution < 1.29 is 23.8 Å². The van der Waals surface area contributed by atoms with E-state index in [1.807, 2.05) is 9.80 Å². The summed E-state index contributed by atoms with van der Waals surface area (Å²) in [7, 11) is 0. The molecule has 2 N–H and O–H groups in total. The fourth-order valence-electron chi connectivity index (χ4n) is 5.38. The highest BCUT2D eigenvalue weighted by atomic mass is 19.1. The number of ether oxygens (including phenoxy) is 1. The Labute approximate surface area is 187 Å². The van der Waals surface area contributed by atoms with Gasteiger partial charge in [-0.15, -0.1) is 6.42 Å². The number of hydrogen-bond donors (Lipinski definition) is 2. The molecule has 8 heteroatoms. The molecule has 2 saturated heterocycles. The third-order valence-corrected chi connectivity index (χ3v) is 7.05. The van der Waals surface area contributed by atoms with Crippen molar-refractivity contribution in [3.8, 4) is 12.3 Å². The minimum absolute atomic E-state index is 0.158. The zero-order valence-corrected chi connectivity index (χ0v) is 18.2. The lowest BCUT2D eigenvalue weighted by molar-refractivity contribution is -0.139. The number of likely N-dealkylation sites (tertiary alicyclic amines) is 1. The number of carbonyl (C=O) groups is 2. The van der Waals surface area contributed by atoms with Crippen LogP contribution in [0.3, 0.4) is 0 Å². The lowest BCUT2D eigenvalue weighted by Crippen LogP contribution is -2.50. The average molecular weight is 444 g/mol. The largest absolute Gasteiger partial charge is 0.436 e. The zero-order chi connectivity index (χ0) is 22.7. The van der Waals surface area contributed by atoms with Crippen LogP contribution in [-0.4, -0.2) is 60.4 Å². The van der Waals surface area contributed by atoms with Crippen molar-refractivity contribution in [2.24, 2.45) is 5.41 Å². The summed E-state index contributed by atoms with van der Waals surface area (Å²) in [5, 5.41) is 12.2. The lowest BCUT2D eigenvalue weighted by atomic mass is 9.78. The smallest absolute Gasteiger partial charge is 0.412 e. The van der Waals surface area contributed by atoms with Gasteiger partial charge in [-0.05, 0) is 63.1 Å². The molecule has 1 aromatic rings. The molecule has 1 aromatic carbocycles. The van der Waals surface area contributed by atoms with Crippen LogP contribution in [0.4, 0.5) is 20.6 Å². The molecule has 32 heavy (non-hydrogen) atoms. The summed E-state index contributed by atoms with van der Waals surface area (Å²) in [6.07, 6.45) is 9.67. The third kappa shape index (κ3) is 4.53. The summed E-state index contributed by atoms with van der Waals surface area (Å²) in [6.45, 7) is 1.75. The van der Waals surface area contributed by atoms with Crippen LogP contribution < -0.4 is 10.2 Å². The Bertz CT molecular complexity index is 909. The van der Waals surface area contributed by atoms with Gasteiger partial charge in [0.05, 0.1) is 17.2 Å². The highest BCUT2D eigenvalue weighted by Crippen LogP contribution is 2.43. The minimum Gasteiger partial charge on any atom is -0.436 e. The molecule has 0 bridgehead atoms.